The SMILES string of the molecule is CCC1CCC(NC(=O)C2CCN(S(=O)(=O)c3ccc(OC)cc3)CC2)CC1. The van der Waals surface area contributed by atoms with E-state index in [2.05, 4.69) is 12.2 Å². The first-order valence-electron chi connectivity index (χ1n) is 10.4. The Morgan fingerprint density at radius 2 is 1.68 bits per heavy atom. The number of nitrogens with zero attached hydrogens (tertiary/aromatic N) is 1. The van der Waals surface area contributed by atoms with Gasteiger partial charge >= 0.3 is 0 Å². The van der Waals surface area contributed by atoms with Crippen LogP contribution in [0.5, 0.6) is 5.75 Å². The predicted octanol–water partition coefficient (Wildman–Crippen LogP) is 3.18. The predicted molar refractivity (Wildman–Crippen MR) is 109 cm³/mol. The van der Waals surface area contributed by atoms with Crippen molar-refractivity contribution >= 4 is 15.9 Å². The third-order valence-corrected chi connectivity index (χ3v) is 8.21. The molecule has 0 spiro atoms. The summed E-state index contributed by atoms with van der Waals surface area (Å²) in [6.07, 6.45) is 6.89. The molecule has 1 aliphatic carbocycles. The van der Waals surface area contributed by atoms with E-state index in [4.69, 9.17) is 4.74 Å². The maximum Gasteiger partial charge on any atom is 0.243 e. The highest BCUT2D eigenvalue weighted by atomic mass is 32.2. The molecular weight excluding hydrogens is 376 g/mol. The standard InChI is InChI=1S/C21H32N2O4S/c1-3-16-4-6-18(7-5-16)22-21(24)17-12-14-23(15-13-17)28(25,26)20-10-8-19(27-2)9-11-20/h8-11,16-18H,3-7,12-15H2,1-2H3,(H,22,24). The number of sulfonamides is 1. The van der Waals surface area contributed by atoms with Gasteiger partial charge in [-0.3, -0.25) is 4.79 Å². The molecule has 3 rings (SSSR count). The molecule has 2 aliphatic rings. The second-order valence-corrected chi connectivity index (χ2v) is 9.93. The molecule has 1 heterocycles. The van der Waals surface area contributed by atoms with Gasteiger partial charge in [-0.15, -0.1) is 0 Å². The topological polar surface area (TPSA) is 75.7 Å². The van der Waals surface area contributed by atoms with Crippen molar-refractivity contribution in [1.29, 1.82) is 0 Å². The molecule has 7 heteroatoms. The minimum absolute atomic E-state index is 0.0915. The fraction of sp³-hybridized carbons (Fsp3) is 0.667. The molecule has 1 aromatic carbocycles. The van der Waals surface area contributed by atoms with Crippen molar-refractivity contribution in [2.24, 2.45) is 11.8 Å². The number of amides is 1. The molecule has 1 N–H and O–H groups in total. The van der Waals surface area contributed by atoms with Crippen LogP contribution in [-0.4, -0.2) is 44.9 Å². The first-order valence-corrected chi connectivity index (χ1v) is 11.8. The normalized spacial score (nSPS) is 24.6. The lowest BCUT2D eigenvalue weighted by atomic mass is 9.84. The molecule has 6 nitrogen and oxygen atoms in total. The lowest BCUT2D eigenvalue weighted by Gasteiger charge is -2.33. The van der Waals surface area contributed by atoms with E-state index in [1.807, 2.05) is 0 Å². The maximum atomic E-state index is 12.8. The van der Waals surface area contributed by atoms with Gasteiger partial charge < -0.3 is 10.1 Å². The van der Waals surface area contributed by atoms with Crippen LogP contribution < -0.4 is 10.1 Å². The maximum absolute atomic E-state index is 12.8. The summed E-state index contributed by atoms with van der Waals surface area (Å²) in [4.78, 5) is 12.9. The van der Waals surface area contributed by atoms with Gasteiger partial charge in [-0.2, -0.15) is 4.31 Å². The van der Waals surface area contributed by atoms with E-state index in [-0.39, 0.29) is 22.8 Å². The molecule has 1 saturated heterocycles. The molecule has 0 radical (unpaired) electrons. The van der Waals surface area contributed by atoms with Crippen molar-refractivity contribution in [3.8, 4) is 5.75 Å². The van der Waals surface area contributed by atoms with Gasteiger partial charge in [-0.05, 0) is 68.7 Å². The number of carbonyl (C=O) groups is 1. The lowest BCUT2D eigenvalue weighted by Crippen LogP contribution is -2.46. The van der Waals surface area contributed by atoms with Crippen molar-refractivity contribution in [1.82, 2.24) is 9.62 Å². The minimum atomic E-state index is -3.53. The van der Waals surface area contributed by atoms with Crippen LogP contribution in [0.25, 0.3) is 0 Å². The van der Waals surface area contributed by atoms with Gasteiger partial charge in [0.25, 0.3) is 0 Å². The molecule has 0 unspecified atom stereocenters. The number of methoxy groups -OCH3 is 1. The van der Waals surface area contributed by atoms with Crippen LogP contribution in [-0.2, 0) is 14.8 Å². The van der Waals surface area contributed by atoms with Gasteiger partial charge in [0.1, 0.15) is 5.75 Å². The second-order valence-electron chi connectivity index (χ2n) is 7.99. The average molecular weight is 409 g/mol. The van der Waals surface area contributed by atoms with Gasteiger partial charge in [-0.25, -0.2) is 8.42 Å². The zero-order valence-electron chi connectivity index (χ0n) is 16.9. The molecule has 0 bridgehead atoms. The van der Waals surface area contributed by atoms with Gasteiger partial charge in [0.15, 0.2) is 0 Å². The average Bonchev–Trinajstić information content (AvgIpc) is 2.74. The summed E-state index contributed by atoms with van der Waals surface area (Å²) in [5.74, 6) is 1.44. The quantitative estimate of drug-likeness (QED) is 0.784. The molecule has 28 heavy (non-hydrogen) atoms. The third kappa shape index (κ3) is 4.87. The van der Waals surface area contributed by atoms with Crippen LogP contribution in [0.4, 0.5) is 0 Å². The Labute approximate surface area is 168 Å². The minimum Gasteiger partial charge on any atom is -0.497 e. The molecule has 1 saturated carbocycles. The number of benzene rings is 1. The van der Waals surface area contributed by atoms with Gasteiger partial charge in [-0.1, -0.05) is 13.3 Å². The molecule has 1 amide bonds. The van der Waals surface area contributed by atoms with Gasteiger partial charge in [0.05, 0.1) is 12.0 Å². The van der Waals surface area contributed by atoms with Crippen LogP contribution in [0.15, 0.2) is 29.2 Å². The number of ether oxygens (including phenoxy) is 1. The zero-order chi connectivity index (χ0) is 20.1. The summed E-state index contributed by atoms with van der Waals surface area (Å²) in [6, 6.07) is 6.73. The summed E-state index contributed by atoms with van der Waals surface area (Å²) in [6.45, 7) is 3.00. The Hall–Kier alpha value is -1.60. The molecule has 0 aromatic heterocycles. The van der Waals surface area contributed by atoms with Crippen LogP contribution in [0.3, 0.4) is 0 Å². The molecular formula is C21H32N2O4S. The van der Waals surface area contributed by atoms with Gasteiger partial charge in [0.2, 0.25) is 15.9 Å². The number of piperidine rings is 1. The first kappa shape index (κ1) is 21.1. The van der Waals surface area contributed by atoms with E-state index in [0.29, 0.717) is 31.7 Å². The van der Waals surface area contributed by atoms with Crippen LogP contribution >= 0.6 is 0 Å². The van der Waals surface area contributed by atoms with Gasteiger partial charge in [0, 0.05) is 25.0 Å². The molecule has 156 valence electrons. The van der Waals surface area contributed by atoms with Crippen LogP contribution in [0.1, 0.15) is 51.9 Å². The van der Waals surface area contributed by atoms with Crippen molar-refractivity contribution < 1.29 is 17.9 Å². The Morgan fingerprint density at radius 3 is 2.21 bits per heavy atom. The van der Waals surface area contributed by atoms with Crippen LogP contribution in [0.2, 0.25) is 0 Å². The van der Waals surface area contributed by atoms with Crippen molar-refractivity contribution in [3.63, 3.8) is 0 Å². The summed E-state index contributed by atoms with van der Waals surface area (Å²) >= 11 is 0. The highest BCUT2D eigenvalue weighted by Gasteiger charge is 2.33. The fourth-order valence-electron chi connectivity index (χ4n) is 4.29. The van der Waals surface area contributed by atoms with E-state index < -0.39 is 10.0 Å². The van der Waals surface area contributed by atoms with Crippen LogP contribution in [0, 0.1) is 11.8 Å². The smallest absolute Gasteiger partial charge is 0.243 e. The number of carbonyl (C=O) groups excluding carboxylic acids is 1. The summed E-state index contributed by atoms with van der Waals surface area (Å²) < 4.78 is 32.2. The molecule has 0 atom stereocenters. The Kier molecular flexibility index (Phi) is 6.99. The highest BCUT2D eigenvalue weighted by Crippen LogP contribution is 2.28. The largest absolute Gasteiger partial charge is 0.497 e. The Bertz CT molecular complexity index is 747. The molecule has 1 aliphatic heterocycles. The Balaban J connectivity index is 1.51. The summed E-state index contributed by atoms with van der Waals surface area (Å²) in [7, 11) is -1.98. The Morgan fingerprint density at radius 1 is 1.07 bits per heavy atom. The fourth-order valence-corrected chi connectivity index (χ4v) is 5.76. The van der Waals surface area contributed by atoms with E-state index >= 15 is 0 Å². The monoisotopic (exact) mass is 408 g/mol. The number of hydrogen-bond acceptors (Lipinski definition) is 4. The number of hydrogen-bond donors (Lipinski definition) is 1. The third-order valence-electron chi connectivity index (χ3n) is 6.29. The van der Waals surface area contributed by atoms with Crippen molar-refractivity contribution in [2.75, 3.05) is 20.2 Å². The summed E-state index contributed by atoms with van der Waals surface area (Å²) in [5.41, 5.74) is 0. The van der Waals surface area contributed by atoms with E-state index in [9.17, 15) is 13.2 Å². The summed E-state index contributed by atoms with van der Waals surface area (Å²) in [5, 5.41) is 3.21. The number of nitrogens with one attached hydrogen (secondary N) is 1. The van der Waals surface area contributed by atoms with E-state index in [1.165, 1.54) is 23.6 Å². The van der Waals surface area contributed by atoms with E-state index in [0.717, 1.165) is 18.8 Å². The highest BCUT2D eigenvalue weighted by molar-refractivity contribution is 7.89. The van der Waals surface area contributed by atoms with Crippen molar-refractivity contribution in [3.05, 3.63) is 24.3 Å². The molecule has 2 fully saturated rings. The zero-order valence-corrected chi connectivity index (χ0v) is 17.7. The second kappa shape index (κ2) is 9.27. The lowest BCUT2D eigenvalue weighted by molar-refractivity contribution is -0.127. The van der Waals surface area contributed by atoms with E-state index in [1.54, 1.807) is 31.4 Å². The first-order chi connectivity index (χ1) is 13.4. The molecule has 1 aromatic rings. The number of rotatable bonds is 6. The van der Waals surface area contributed by atoms with Crippen molar-refractivity contribution in [2.45, 2.75) is 62.8 Å².